The Bertz CT molecular complexity index is 1280. The molecule has 10 heteroatoms. The largest absolute Gasteiger partial charge is 0.355 e. The molecule has 0 aliphatic heterocycles. The Labute approximate surface area is 182 Å². The molecule has 0 saturated heterocycles. The molecule has 4 rings (SSSR count). The van der Waals surface area contributed by atoms with E-state index < -0.39 is 11.7 Å². The second kappa shape index (κ2) is 9.06. The number of anilines is 2. The Morgan fingerprint density at radius 3 is 2.72 bits per heavy atom. The molecule has 1 amide bonds. The maximum atomic E-state index is 14.3. The number of aromatic nitrogens is 4. The van der Waals surface area contributed by atoms with E-state index in [1.807, 2.05) is 13.2 Å². The van der Waals surface area contributed by atoms with Gasteiger partial charge in [-0.15, -0.1) is 0 Å². The van der Waals surface area contributed by atoms with Crippen molar-refractivity contribution in [1.82, 2.24) is 25.1 Å². The molecule has 0 atom stereocenters. The smallest absolute Gasteiger partial charge is 0.251 e. The fourth-order valence-electron chi connectivity index (χ4n) is 3.40. The maximum Gasteiger partial charge on any atom is 0.251 e. The molecular weight excluding hydrogens is 418 g/mol. The summed E-state index contributed by atoms with van der Waals surface area (Å²) in [6.45, 7) is -0.181. The molecule has 0 unspecified atom stereocenters. The molecule has 0 bridgehead atoms. The molecule has 0 saturated carbocycles. The number of nitrogens with zero attached hydrogens (tertiary/aromatic N) is 5. The highest BCUT2D eigenvalue weighted by molar-refractivity contribution is 5.95. The van der Waals surface area contributed by atoms with Gasteiger partial charge in [-0.2, -0.15) is 10.0 Å². The molecule has 164 valence electrons. The van der Waals surface area contributed by atoms with Crippen LogP contribution < -0.4 is 10.2 Å². The zero-order valence-corrected chi connectivity index (χ0v) is 17.4. The molecule has 2 heterocycles. The number of rotatable bonds is 7. The van der Waals surface area contributed by atoms with Crippen LogP contribution in [0.5, 0.6) is 0 Å². The number of amides is 1. The van der Waals surface area contributed by atoms with Crippen LogP contribution in [0.1, 0.15) is 10.4 Å². The number of fused-ring (bicyclic) bond motifs is 1. The van der Waals surface area contributed by atoms with Crippen LogP contribution in [0.2, 0.25) is 0 Å². The summed E-state index contributed by atoms with van der Waals surface area (Å²) in [5.74, 6) is -1.02. The molecule has 8 nitrogen and oxygen atoms in total. The molecule has 0 radical (unpaired) electrons. The van der Waals surface area contributed by atoms with Crippen molar-refractivity contribution in [2.75, 3.05) is 25.1 Å². The number of benzene rings is 2. The summed E-state index contributed by atoms with van der Waals surface area (Å²) in [4.78, 5) is 26.6. The van der Waals surface area contributed by atoms with Crippen molar-refractivity contribution in [3.05, 3.63) is 66.4 Å². The van der Waals surface area contributed by atoms with Crippen LogP contribution in [0.25, 0.3) is 22.3 Å². The van der Waals surface area contributed by atoms with E-state index in [1.54, 1.807) is 40.2 Å². The number of carbonyl (C=O) groups is 1. The molecule has 1 N–H and O–H groups in total. The normalized spacial score (nSPS) is 11.0. The molecule has 0 fully saturated rings. The van der Waals surface area contributed by atoms with Gasteiger partial charge in [0.1, 0.15) is 12.4 Å². The van der Waals surface area contributed by atoms with Crippen LogP contribution in [0.3, 0.4) is 0 Å². The highest BCUT2D eigenvalue weighted by Gasteiger charge is 2.16. The van der Waals surface area contributed by atoms with Crippen LogP contribution in [-0.4, -0.2) is 45.9 Å². The minimum Gasteiger partial charge on any atom is -0.355 e. The third-order valence-corrected chi connectivity index (χ3v) is 4.91. The molecule has 2 aromatic heterocycles. The highest BCUT2D eigenvalue weighted by Crippen LogP contribution is 2.30. The van der Waals surface area contributed by atoms with Gasteiger partial charge in [0.25, 0.3) is 5.91 Å². The van der Waals surface area contributed by atoms with E-state index in [0.29, 0.717) is 28.1 Å². The monoisotopic (exact) mass is 438 g/mol. The quantitative estimate of drug-likeness (QED) is 0.475. The van der Waals surface area contributed by atoms with Gasteiger partial charge in [-0.25, -0.2) is 9.37 Å². The van der Waals surface area contributed by atoms with Crippen molar-refractivity contribution in [3.8, 4) is 11.3 Å². The lowest BCUT2D eigenvalue weighted by Gasteiger charge is -2.25. The molecule has 0 aliphatic carbocycles. The van der Waals surface area contributed by atoms with Crippen molar-refractivity contribution in [2.45, 2.75) is 0 Å². The Morgan fingerprint density at radius 1 is 1.16 bits per heavy atom. The number of hydrogen-bond donors (Lipinski definition) is 1. The fourth-order valence-corrected chi connectivity index (χ4v) is 3.40. The van der Waals surface area contributed by atoms with Gasteiger partial charge in [0.2, 0.25) is 0 Å². The number of carbonyl (C=O) groups excluding carboxylic acids is 1. The predicted molar refractivity (Wildman–Crippen MR) is 116 cm³/mol. The zero-order chi connectivity index (χ0) is 22.7. The van der Waals surface area contributed by atoms with E-state index in [-0.39, 0.29) is 18.7 Å². The topological polar surface area (TPSA) is 85.2 Å². The van der Waals surface area contributed by atoms with Crippen LogP contribution in [0, 0.1) is 5.82 Å². The standard InChI is InChI=1S/C22H20F2N6O2/c1-25-22(31)14-7-16(23)9-18(8-14)30(5-6-32-24)17-3-4-19-20(10-17)28-21(12-26-19)15-11-27-29(2)13-15/h3-4,7-13H,5-6H2,1-2H3,(H,25,31). The summed E-state index contributed by atoms with van der Waals surface area (Å²) in [5.41, 5.74) is 3.85. The number of aryl methyl sites for hydroxylation is 1. The Balaban J connectivity index is 1.78. The lowest BCUT2D eigenvalue weighted by atomic mass is 10.1. The third-order valence-electron chi connectivity index (χ3n) is 4.91. The first kappa shape index (κ1) is 21.3. The molecule has 4 aromatic rings. The number of nitrogens with one attached hydrogen (secondary N) is 1. The average Bonchev–Trinajstić information content (AvgIpc) is 3.24. The Kier molecular flexibility index (Phi) is 6.04. The molecular formula is C22H20F2N6O2. The minimum absolute atomic E-state index is 0.0777. The van der Waals surface area contributed by atoms with Crippen molar-refractivity contribution in [3.63, 3.8) is 0 Å². The minimum atomic E-state index is -0.591. The van der Waals surface area contributed by atoms with Gasteiger partial charge in [0, 0.05) is 42.8 Å². The van der Waals surface area contributed by atoms with E-state index in [1.165, 1.54) is 19.2 Å². The molecule has 2 aromatic carbocycles. The SMILES string of the molecule is CNC(=O)c1cc(F)cc(N(CCOF)c2ccc3ncc(-c4cnn(C)c4)nc3c2)c1. The third kappa shape index (κ3) is 4.40. The van der Waals surface area contributed by atoms with E-state index >= 15 is 0 Å². The lowest BCUT2D eigenvalue weighted by Crippen LogP contribution is -2.23. The first-order valence-electron chi connectivity index (χ1n) is 9.78. The maximum absolute atomic E-state index is 14.3. The summed E-state index contributed by atoms with van der Waals surface area (Å²) in [6.07, 6.45) is 5.19. The van der Waals surface area contributed by atoms with Gasteiger partial charge < -0.3 is 10.2 Å². The van der Waals surface area contributed by atoms with E-state index in [9.17, 15) is 13.7 Å². The van der Waals surface area contributed by atoms with Crippen LogP contribution in [0.4, 0.5) is 20.3 Å². The number of hydrogen-bond acceptors (Lipinski definition) is 6. The van der Waals surface area contributed by atoms with Crippen molar-refractivity contribution in [1.29, 1.82) is 0 Å². The van der Waals surface area contributed by atoms with Crippen LogP contribution in [-0.2, 0) is 12.0 Å². The van der Waals surface area contributed by atoms with Crippen LogP contribution >= 0.6 is 0 Å². The van der Waals surface area contributed by atoms with Crippen LogP contribution in [0.15, 0.2) is 55.0 Å². The summed E-state index contributed by atoms with van der Waals surface area (Å²) in [6, 6.07) is 9.24. The van der Waals surface area contributed by atoms with E-state index in [2.05, 4.69) is 25.3 Å². The van der Waals surface area contributed by atoms with Gasteiger partial charge in [0.15, 0.2) is 0 Å². The second-order valence-corrected chi connectivity index (χ2v) is 7.07. The first-order chi connectivity index (χ1) is 15.5. The van der Waals surface area contributed by atoms with Gasteiger partial charge in [-0.1, -0.05) is 0 Å². The van der Waals surface area contributed by atoms with Gasteiger partial charge in [-0.3, -0.25) is 14.5 Å². The average molecular weight is 438 g/mol. The summed E-state index contributed by atoms with van der Waals surface area (Å²) >= 11 is 0. The van der Waals surface area contributed by atoms with Gasteiger partial charge >= 0.3 is 0 Å². The zero-order valence-electron chi connectivity index (χ0n) is 17.4. The first-order valence-corrected chi connectivity index (χ1v) is 9.78. The van der Waals surface area contributed by atoms with Gasteiger partial charge in [0.05, 0.1) is 35.7 Å². The van der Waals surface area contributed by atoms with E-state index in [4.69, 9.17) is 0 Å². The van der Waals surface area contributed by atoms with Crippen molar-refractivity contribution in [2.24, 2.45) is 7.05 Å². The Morgan fingerprint density at radius 2 is 2.00 bits per heavy atom. The predicted octanol–water partition coefficient (Wildman–Crippen LogP) is 3.57. The molecule has 0 spiro atoms. The van der Waals surface area contributed by atoms with E-state index in [0.717, 1.165) is 11.6 Å². The lowest BCUT2D eigenvalue weighted by molar-refractivity contribution is -0.128. The summed E-state index contributed by atoms with van der Waals surface area (Å²) in [7, 11) is 3.27. The van der Waals surface area contributed by atoms with Crippen molar-refractivity contribution < 1.29 is 18.7 Å². The highest BCUT2D eigenvalue weighted by atomic mass is 19.3. The number of halogens is 2. The summed E-state index contributed by atoms with van der Waals surface area (Å²) in [5, 5.41) is 6.62. The second-order valence-electron chi connectivity index (χ2n) is 7.07. The van der Waals surface area contributed by atoms with Crippen molar-refractivity contribution >= 4 is 28.3 Å². The summed E-state index contributed by atoms with van der Waals surface area (Å²) < 4.78 is 28.5. The molecule has 32 heavy (non-hydrogen) atoms. The fraction of sp³-hybridized carbons (Fsp3) is 0.182. The Hall–Kier alpha value is -3.92. The van der Waals surface area contributed by atoms with Gasteiger partial charge in [-0.05, 0) is 40.9 Å². The molecule has 0 aliphatic rings.